The number of benzene rings is 1. The van der Waals surface area contributed by atoms with Crippen molar-refractivity contribution in [2.45, 2.75) is 32.2 Å². The summed E-state index contributed by atoms with van der Waals surface area (Å²) in [6.45, 7) is 4.70. The number of nitrogens with one attached hydrogen (secondary N) is 1. The second-order valence-corrected chi connectivity index (χ2v) is 7.62. The van der Waals surface area contributed by atoms with E-state index < -0.39 is 5.97 Å². The summed E-state index contributed by atoms with van der Waals surface area (Å²) in [5.74, 6) is -0.684. The zero-order chi connectivity index (χ0) is 21.7. The molecule has 1 aromatic carbocycles. The molecule has 156 valence electrons. The molecule has 0 saturated carbocycles. The van der Waals surface area contributed by atoms with Crippen molar-refractivity contribution in [1.29, 1.82) is 0 Å². The van der Waals surface area contributed by atoms with Gasteiger partial charge in [0, 0.05) is 17.6 Å². The van der Waals surface area contributed by atoms with Crippen LogP contribution in [0.4, 0.5) is 5.88 Å². The number of carbonyl (C=O) groups excluding carboxylic acids is 3. The van der Waals surface area contributed by atoms with E-state index >= 15 is 0 Å². The molecule has 0 fully saturated rings. The van der Waals surface area contributed by atoms with Crippen LogP contribution in [0, 0.1) is 6.92 Å². The molecule has 0 spiro atoms. The first kappa shape index (κ1) is 21.6. The molecule has 7 nitrogen and oxygen atoms in total. The highest BCUT2D eigenvalue weighted by atomic mass is 32.2. The number of furan rings is 1. The predicted molar refractivity (Wildman–Crippen MR) is 115 cm³/mol. The van der Waals surface area contributed by atoms with E-state index in [1.165, 1.54) is 18.7 Å². The van der Waals surface area contributed by atoms with Crippen LogP contribution in [0.1, 0.15) is 46.7 Å². The van der Waals surface area contributed by atoms with E-state index in [0.29, 0.717) is 5.75 Å². The van der Waals surface area contributed by atoms with Gasteiger partial charge in [0.1, 0.15) is 11.3 Å². The molecule has 1 amide bonds. The summed E-state index contributed by atoms with van der Waals surface area (Å²) in [6.07, 6.45) is 0.177. The Bertz CT molecular complexity index is 1110. The lowest BCUT2D eigenvalue weighted by Crippen LogP contribution is -2.16. The van der Waals surface area contributed by atoms with Gasteiger partial charge in [-0.3, -0.25) is 14.9 Å². The smallest absolute Gasteiger partial charge is 0.344 e. The van der Waals surface area contributed by atoms with Gasteiger partial charge >= 0.3 is 5.97 Å². The Morgan fingerprint density at radius 3 is 2.63 bits per heavy atom. The normalized spacial score (nSPS) is 10.8. The fourth-order valence-electron chi connectivity index (χ4n) is 3.02. The first-order valence-corrected chi connectivity index (χ1v) is 10.5. The average Bonchev–Trinajstić information content (AvgIpc) is 3.04. The minimum Gasteiger partial charge on any atom is -0.462 e. The van der Waals surface area contributed by atoms with Crippen LogP contribution in [-0.2, 0) is 9.53 Å². The van der Waals surface area contributed by atoms with Gasteiger partial charge in [0.2, 0.25) is 11.8 Å². The van der Waals surface area contributed by atoms with Crippen molar-refractivity contribution in [2.24, 2.45) is 0 Å². The molecule has 3 rings (SSSR count). The second kappa shape index (κ2) is 9.58. The lowest BCUT2D eigenvalue weighted by Gasteiger charge is -2.06. The van der Waals surface area contributed by atoms with Crippen LogP contribution in [-0.4, -0.2) is 35.0 Å². The molecular formula is C22H22N2O5S. The minimum absolute atomic E-state index is 0.0425. The third-order valence-corrected chi connectivity index (χ3v) is 5.25. The van der Waals surface area contributed by atoms with Gasteiger partial charge in [-0.15, -0.1) is 11.8 Å². The highest BCUT2D eigenvalue weighted by Crippen LogP contribution is 2.29. The molecule has 2 aromatic heterocycles. The van der Waals surface area contributed by atoms with Gasteiger partial charge in [-0.25, -0.2) is 9.78 Å². The molecule has 0 aliphatic rings. The Kier molecular flexibility index (Phi) is 6.89. The van der Waals surface area contributed by atoms with Gasteiger partial charge in [0.05, 0.1) is 22.7 Å². The summed E-state index contributed by atoms with van der Waals surface area (Å²) < 4.78 is 10.5. The molecule has 0 atom stereocenters. The number of thioether (sulfide) groups is 1. The second-order valence-electron chi connectivity index (χ2n) is 6.50. The number of hydrogen-bond acceptors (Lipinski definition) is 7. The van der Waals surface area contributed by atoms with Crippen molar-refractivity contribution in [3.8, 4) is 0 Å². The molecular weight excluding hydrogens is 404 g/mol. The summed E-state index contributed by atoms with van der Waals surface area (Å²) in [5.41, 5.74) is 0.978. The number of nitrogens with zero attached hydrogens (tertiary/aromatic N) is 1. The summed E-state index contributed by atoms with van der Waals surface area (Å²) in [5, 5.41) is 4.47. The van der Waals surface area contributed by atoms with Crippen molar-refractivity contribution >= 4 is 46.2 Å². The van der Waals surface area contributed by atoms with Gasteiger partial charge in [0.15, 0.2) is 5.78 Å². The number of aromatic nitrogens is 1. The zero-order valence-corrected chi connectivity index (χ0v) is 17.8. The van der Waals surface area contributed by atoms with Gasteiger partial charge in [0.25, 0.3) is 0 Å². The molecule has 0 unspecified atom stereocenters. The third-order valence-electron chi connectivity index (χ3n) is 4.32. The summed E-state index contributed by atoms with van der Waals surface area (Å²) >= 11 is 1.46. The lowest BCUT2D eigenvalue weighted by atomic mass is 10.1. The summed E-state index contributed by atoms with van der Waals surface area (Å²) in [6, 6.07) is 11.7. The highest BCUT2D eigenvalue weighted by Gasteiger charge is 2.28. The van der Waals surface area contributed by atoms with Crippen LogP contribution >= 0.6 is 11.8 Å². The number of pyridine rings is 1. The van der Waals surface area contributed by atoms with Crippen molar-refractivity contribution < 1.29 is 23.5 Å². The minimum atomic E-state index is -0.704. The molecule has 2 heterocycles. The number of fused-ring (bicyclic) bond motifs is 1. The Morgan fingerprint density at radius 2 is 1.90 bits per heavy atom. The maximum absolute atomic E-state index is 12.4. The number of ether oxygens (including phenoxy) is 1. The molecule has 0 radical (unpaired) electrons. The van der Waals surface area contributed by atoms with Crippen molar-refractivity contribution in [1.82, 2.24) is 4.98 Å². The van der Waals surface area contributed by atoms with Crippen LogP contribution in [0.5, 0.6) is 0 Å². The van der Waals surface area contributed by atoms with Gasteiger partial charge in [-0.05, 0) is 32.9 Å². The standard InChI is InChI=1S/C22H22N2O5S/c1-4-28-22(27)20-19(13(2)25)14(3)29-21(20)24-17(26)11-12-30-18-10-9-15-7-5-6-8-16(15)23-18/h5-10H,4,11-12H2,1-3H3,(H,24,26). The Labute approximate surface area is 178 Å². The van der Waals surface area contributed by atoms with Crippen molar-refractivity contribution in [3.63, 3.8) is 0 Å². The number of para-hydroxylation sites is 1. The summed E-state index contributed by atoms with van der Waals surface area (Å²) in [4.78, 5) is 41.2. The van der Waals surface area contributed by atoms with Crippen molar-refractivity contribution in [2.75, 3.05) is 17.7 Å². The molecule has 1 N–H and O–H groups in total. The van der Waals surface area contributed by atoms with E-state index in [0.717, 1.165) is 15.9 Å². The van der Waals surface area contributed by atoms with Crippen molar-refractivity contribution in [3.05, 3.63) is 53.3 Å². The number of amides is 1. The molecule has 0 aliphatic heterocycles. The van der Waals surface area contributed by atoms with E-state index in [2.05, 4.69) is 10.3 Å². The van der Waals surface area contributed by atoms with Crippen LogP contribution < -0.4 is 5.32 Å². The van der Waals surface area contributed by atoms with Crippen LogP contribution in [0.3, 0.4) is 0 Å². The maximum atomic E-state index is 12.4. The average molecular weight is 426 g/mol. The number of esters is 1. The van der Waals surface area contributed by atoms with E-state index in [9.17, 15) is 14.4 Å². The number of Topliss-reactive ketones (excluding diaryl/α,β-unsaturated/α-hetero) is 1. The largest absolute Gasteiger partial charge is 0.462 e. The third kappa shape index (κ3) is 4.88. The Balaban J connectivity index is 1.66. The van der Waals surface area contributed by atoms with Gasteiger partial charge < -0.3 is 9.15 Å². The first-order chi connectivity index (χ1) is 14.4. The molecule has 0 aliphatic carbocycles. The predicted octanol–water partition coefficient (Wildman–Crippen LogP) is 4.64. The van der Waals surface area contributed by atoms with E-state index in [-0.39, 0.29) is 47.5 Å². The van der Waals surface area contributed by atoms with Gasteiger partial charge in [-0.2, -0.15) is 0 Å². The summed E-state index contributed by atoms with van der Waals surface area (Å²) in [7, 11) is 0. The number of anilines is 1. The fourth-order valence-corrected chi connectivity index (χ4v) is 3.84. The SMILES string of the molecule is CCOC(=O)c1c(NC(=O)CCSc2ccc3ccccc3n2)oc(C)c1C(C)=O. The van der Waals surface area contributed by atoms with E-state index in [4.69, 9.17) is 9.15 Å². The molecule has 0 saturated heterocycles. The van der Waals surface area contributed by atoms with Gasteiger partial charge in [-0.1, -0.05) is 24.3 Å². The Hall–Kier alpha value is -3.13. The highest BCUT2D eigenvalue weighted by molar-refractivity contribution is 7.99. The maximum Gasteiger partial charge on any atom is 0.344 e. The lowest BCUT2D eigenvalue weighted by molar-refractivity contribution is -0.115. The quantitative estimate of drug-likeness (QED) is 0.318. The number of carbonyl (C=O) groups is 3. The number of rotatable bonds is 8. The zero-order valence-electron chi connectivity index (χ0n) is 17.0. The first-order valence-electron chi connectivity index (χ1n) is 9.50. The molecule has 0 bridgehead atoms. The number of ketones is 1. The monoisotopic (exact) mass is 426 g/mol. The van der Waals surface area contributed by atoms with E-state index in [1.54, 1.807) is 13.8 Å². The van der Waals surface area contributed by atoms with Crippen LogP contribution in [0.2, 0.25) is 0 Å². The molecule has 30 heavy (non-hydrogen) atoms. The molecule has 3 aromatic rings. The number of hydrogen-bond donors (Lipinski definition) is 1. The molecule has 8 heteroatoms. The topological polar surface area (TPSA) is 98.5 Å². The van der Waals surface area contributed by atoms with Crippen LogP contribution in [0.15, 0.2) is 45.8 Å². The Morgan fingerprint density at radius 1 is 1.13 bits per heavy atom. The van der Waals surface area contributed by atoms with E-state index in [1.807, 2.05) is 36.4 Å². The number of aryl methyl sites for hydroxylation is 1. The van der Waals surface area contributed by atoms with Crippen LogP contribution in [0.25, 0.3) is 10.9 Å². The fraction of sp³-hybridized carbons (Fsp3) is 0.273.